The molecule has 8 heteroatoms. The van der Waals surface area contributed by atoms with Gasteiger partial charge in [-0.25, -0.2) is 0 Å². The summed E-state index contributed by atoms with van der Waals surface area (Å²) in [5, 5.41) is 14.6. The second kappa shape index (κ2) is 5.19. The third kappa shape index (κ3) is 2.13. The molecule has 1 aliphatic rings. The summed E-state index contributed by atoms with van der Waals surface area (Å²) in [6.45, 7) is 0.255. The molecule has 0 saturated heterocycles. The van der Waals surface area contributed by atoms with Crippen LogP contribution < -0.4 is 9.47 Å². The maximum Gasteiger partial charge on any atom is 0.235 e. The minimum Gasteiger partial charge on any atom is -0.454 e. The van der Waals surface area contributed by atoms with Gasteiger partial charge in [0.15, 0.2) is 17.3 Å². The van der Waals surface area contributed by atoms with Crippen molar-refractivity contribution in [3.05, 3.63) is 47.5 Å². The minimum absolute atomic E-state index is 0.255. The lowest BCUT2D eigenvalue weighted by atomic mass is 10.2. The number of nitrogens with zero attached hydrogens (tertiary/aromatic N) is 4. The largest absolute Gasteiger partial charge is 0.454 e. The highest BCUT2D eigenvalue weighted by atomic mass is 35.5. The van der Waals surface area contributed by atoms with Gasteiger partial charge in [-0.2, -0.15) is 9.61 Å². The maximum absolute atomic E-state index is 5.94. The topological polar surface area (TPSA) is 61.5 Å². The zero-order valence-electron chi connectivity index (χ0n) is 12.1. The molecular formula is C16H9ClN4O2S. The summed E-state index contributed by atoms with van der Waals surface area (Å²) < 4.78 is 12.5. The molecule has 0 atom stereocenters. The Morgan fingerprint density at radius 2 is 1.75 bits per heavy atom. The van der Waals surface area contributed by atoms with Crippen LogP contribution in [0.2, 0.25) is 5.02 Å². The van der Waals surface area contributed by atoms with E-state index in [1.807, 2.05) is 42.5 Å². The van der Waals surface area contributed by atoms with Crippen molar-refractivity contribution in [1.82, 2.24) is 19.8 Å². The molecule has 0 N–H and O–H groups in total. The van der Waals surface area contributed by atoms with Crippen molar-refractivity contribution in [3.8, 4) is 33.5 Å². The number of fused-ring (bicyclic) bond motifs is 2. The molecule has 0 radical (unpaired) electrons. The van der Waals surface area contributed by atoms with Gasteiger partial charge in [0.2, 0.25) is 11.8 Å². The van der Waals surface area contributed by atoms with E-state index in [4.69, 9.17) is 21.1 Å². The van der Waals surface area contributed by atoms with Gasteiger partial charge >= 0.3 is 0 Å². The van der Waals surface area contributed by atoms with E-state index in [0.717, 1.165) is 32.6 Å². The van der Waals surface area contributed by atoms with Crippen LogP contribution in [-0.4, -0.2) is 26.6 Å². The first-order chi connectivity index (χ1) is 11.8. The molecule has 2 aromatic carbocycles. The molecule has 24 heavy (non-hydrogen) atoms. The normalized spacial score (nSPS) is 12.9. The highest BCUT2D eigenvalue weighted by molar-refractivity contribution is 7.19. The second-order valence-corrected chi connectivity index (χ2v) is 6.59. The molecular weight excluding hydrogens is 348 g/mol. The molecule has 6 nitrogen and oxygen atoms in total. The van der Waals surface area contributed by atoms with Crippen LogP contribution in [0.15, 0.2) is 42.5 Å². The summed E-state index contributed by atoms with van der Waals surface area (Å²) in [4.78, 5) is 0.729. The van der Waals surface area contributed by atoms with Crippen molar-refractivity contribution < 1.29 is 9.47 Å². The van der Waals surface area contributed by atoms with Gasteiger partial charge in [-0.05, 0) is 42.5 Å². The lowest BCUT2D eigenvalue weighted by molar-refractivity contribution is 0.174. The first-order valence-electron chi connectivity index (χ1n) is 7.16. The number of rotatable bonds is 2. The summed E-state index contributed by atoms with van der Waals surface area (Å²) in [5.74, 6) is 2.17. The molecule has 0 bridgehead atoms. The van der Waals surface area contributed by atoms with Crippen LogP contribution in [0, 0.1) is 0 Å². The van der Waals surface area contributed by atoms with Crippen LogP contribution in [0.4, 0.5) is 0 Å². The van der Waals surface area contributed by atoms with Gasteiger partial charge in [0, 0.05) is 16.1 Å². The lowest BCUT2D eigenvalue weighted by Crippen LogP contribution is -1.92. The monoisotopic (exact) mass is 356 g/mol. The van der Waals surface area contributed by atoms with E-state index in [0.29, 0.717) is 10.8 Å². The van der Waals surface area contributed by atoms with Crippen molar-refractivity contribution in [2.45, 2.75) is 0 Å². The van der Waals surface area contributed by atoms with Crippen LogP contribution in [0.25, 0.3) is 26.9 Å². The smallest absolute Gasteiger partial charge is 0.235 e. The van der Waals surface area contributed by atoms with Gasteiger partial charge in [0.05, 0.1) is 0 Å². The fourth-order valence-electron chi connectivity index (χ4n) is 2.54. The number of aromatic nitrogens is 4. The van der Waals surface area contributed by atoms with Gasteiger partial charge in [-0.3, -0.25) is 0 Å². The molecule has 0 aliphatic carbocycles. The summed E-state index contributed by atoms with van der Waals surface area (Å²) in [6.07, 6.45) is 0. The predicted molar refractivity (Wildman–Crippen MR) is 90.7 cm³/mol. The molecule has 2 aromatic heterocycles. The van der Waals surface area contributed by atoms with Crippen LogP contribution in [0.5, 0.6) is 11.5 Å². The molecule has 4 aromatic rings. The Morgan fingerprint density at radius 3 is 2.62 bits per heavy atom. The Hall–Kier alpha value is -2.64. The summed E-state index contributed by atoms with van der Waals surface area (Å²) in [6, 6.07) is 13.2. The Labute approximate surface area is 145 Å². The molecule has 0 fully saturated rings. The van der Waals surface area contributed by atoms with Crippen LogP contribution in [0.1, 0.15) is 0 Å². The number of hydrogen-bond donors (Lipinski definition) is 0. The summed E-state index contributed by atoms with van der Waals surface area (Å²) in [7, 11) is 0. The Balaban J connectivity index is 1.60. The zero-order valence-corrected chi connectivity index (χ0v) is 13.7. The summed E-state index contributed by atoms with van der Waals surface area (Å²) >= 11 is 7.41. The van der Waals surface area contributed by atoms with Gasteiger partial charge in [0.1, 0.15) is 5.01 Å². The van der Waals surface area contributed by atoms with E-state index in [2.05, 4.69) is 15.3 Å². The molecule has 1 aliphatic heterocycles. The zero-order chi connectivity index (χ0) is 16.1. The van der Waals surface area contributed by atoms with E-state index in [1.165, 1.54) is 11.3 Å². The van der Waals surface area contributed by atoms with Crippen molar-refractivity contribution in [3.63, 3.8) is 0 Å². The SMILES string of the molecule is Clc1ccc(-c2nnc3sc(-c4ccc5c(c4)OCO5)nn23)cc1. The fourth-order valence-corrected chi connectivity index (χ4v) is 3.50. The van der Waals surface area contributed by atoms with Crippen molar-refractivity contribution >= 4 is 27.9 Å². The van der Waals surface area contributed by atoms with Crippen molar-refractivity contribution in [1.29, 1.82) is 0 Å². The Kier molecular flexibility index (Phi) is 2.97. The number of halogens is 1. The highest BCUT2D eigenvalue weighted by Crippen LogP contribution is 2.37. The maximum atomic E-state index is 5.94. The summed E-state index contributed by atoms with van der Waals surface area (Å²) in [5.41, 5.74) is 1.87. The fraction of sp³-hybridized carbons (Fsp3) is 0.0625. The predicted octanol–water partition coefficient (Wildman–Crippen LogP) is 3.90. The van der Waals surface area contributed by atoms with Crippen molar-refractivity contribution in [2.75, 3.05) is 6.79 Å². The first-order valence-corrected chi connectivity index (χ1v) is 8.35. The Bertz CT molecular complexity index is 1060. The van der Waals surface area contributed by atoms with Gasteiger partial charge < -0.3 is 9.47 Å². The molecule has 0 saturated carbocycles. The third-order valence-corrected chi connectivity index (χ3v) is 4.91. The van der Waals surface area contributed by atoms with E-state index in [9.17, 15) is 0 Å². The van der Waals surface area contributed by atoms with E-state index < -0.39 is 0 Å². The number of hydrogen-bond acceptors (Lipinski definition) is 6. The second-order valence-electron chi connectivity index (χ2n) is 5.20. The van der Waals surface area contributed by atoms with Crippen LogP contribution in [0.3, 0.4) is 0 Å². The first kappa shape index (κ1) is 13.8. The quantitative estimate of drug-likeness (QED) is 0.545. The van der Waals surface area contributed by atoms with Crippen LogP contribution in [-0.2, 0) is 0 Å². The van der Waals surface area contributed by atoms with E-state index in [-0.39, 0.29) is 6.79 Å². The highest BCUT2D eigenvalue weighted by Gasteiger charge is 2.18. The molecule has 0 spiro atoms. The van der Waals surface area contributed by atoms with E-state index >= 15 is 0 Å². The van der Waals surface area contributed by atoms with Crippen LogP contribution >= 0.6 is 22.9 Å². The molecule has 3 heterocycles. The van der Waals surface area contributed by atoms with Gasteiger partial charge in [-0.1, -0.05) is 22.9 Å². The van der Waals surface area contributed by atoms with E-state index in [1.54, 1.807) is 4.52 Å². The average Bonchev–Trinajstić information content (AvgIpc) is 3.30. The molecule has 5 rings (SSSR count). The minimum atomic E-state index is 0.255. The number of ether oxygens (including phenoxy) is 2. The standard InChI is InChI=1S/C16H9ClN4O2S/c17-11-4-1-9(2-5-11)14-18-19-16-21(14)20-15(24-16)10-3-6-12-13(7-10)23-8-22-12/h1-7H,8H2. The van der Waals surface area contributed by atoms with Gasteiger partial charge in [-0.15, -0.1) is 10.2 Å². The van der Waals surface area contributed by atoms with Crippen molar-refractivity contribution in [2.24, 2.45) is 0 Å². The molecule has 118 valence electrons. The molecule has 0 amide bonds. The molecule has 0 unspecified atom stereocenters. The Morgan fingerprint density at radius 1 is 0.958 bits per heavy atom. The average molecular weight is 357 g/mol. The number of benzene rings is 2. The third-order valence-electron chi connectivity index (χ3n) is 3.71. The van der Waals surface area contributed by atoms with Gasteiger partial charge in [0.25, 0.3) is 0 Å². The lowest BCUT2D eigenvalue weighted by Gasteiger charge is -1.99.